The van der Waals surface area contributed by atoms with E-state index in [0.29, 0.717) is 17.5 Å². The van der Waals surface area contributed by atoms with E-state index in [1.54, 1.807) is 0 Å². The number of aromatic nitrogens is 5. The molecule has 0 spiro atoms. The van der Waals surface area contributed by atoms with Crippen LogP contribution in [0.25, 0.3) is 100 Å². The Labute approximate surface area is 341 Å². The third-order valence-corrected chi connectivity index (χ3v) is 12.3. The average molecular weight is 756 g/mol. The summed E-state index contributed by atoms with van der Waals surface area (Å²) in [6.07, 6.45) is 0. The molecule has 0 atom stereocenters. The van der Waals surface area contributed by atoms with Gasteiger partial charge in [-0.25, -0.2) is 15.0 Å². The molecule has 278 valence electrons. The van der Waals surface area contributed by atoms with Crippen LogP contribution in [0.3, 0.4) is 0 Å². The summed E-state index contributed by atoms with van der Waals surface area (Å²) in [6, 6.07) is 66.8. The van der Waals surface area contributed by atoms with E-state index in [-0.39, 0.29) is 5.41 Å². The van der Waals surface area contributed by atoms with Gasteiger partial charge in [-0.3, -0.25) is 0 Å². The topological polar surface area (TPSA) is 48.5 Å². The molecule has 59 heavy (non-hydrogen) atoms. The van der Waals surface area contributed by atoms with Gasteiger partial charge in [0.25, 0.3) is 0 Å². The van der Waals surface area contributed by atoms with Crippen LogP contribution in [0.5, 0.6) is 0 Å². The van der Waals surface area contributed by atoms with Gasteiger partial charge in [0.2, 0.25) is 0 Å². The van der Waals surface area contributed by atoms with Gasteiger partial charge in [-0.15, -0.1) is 0 Å². The number of hydrogen-bond donors (Lipinski definition) is 0. The number of hydrogen-bond acceptors (Lipinski definition) is 3. The average Bonchev–Trinajstić information content (AvgIpc) is 3.90. The molecule has 1 aliphatic rings. The molecule has 0 radical (unpaired) electrons. The van der Waals surface area contributed by atoms with E-state index in [9.17, 15) is 0 Å². The fourth-order valence-electron chi connectivity index (χ4n) is 9.77. The van der Waals surface area contributed by atoms with Crippen molar-refractivity contribution in [3.63, 3.8) is 0 Å². The Morgan fingerprint density at radius 3 is 1.39 bits per heavy atom. The van der Waals surface area contributed by atoms with Gasteiger partial charge < -0.3 is 9.13 Å². The first-order valence-corrected chi connectivity index (χ1v) is 20.2. The molecular formula is C54H37N5. The van der Waals surface area contributed by atoms with Crippen LogP contribution in [0.15, 0.2) is 188 Å². The summed E-state index contributed by atoms with van der Waals surface area (Å²) in [7, 11) is 0. The molecule has 3 aromatic heterocycles. The summed E-state index contributed by atoms with van der Waals surface area (Å²) in [5, 5.41) is 5.08. The first kappa shape index (κ1) is 33.5. The lowest BCUT2D eigenvalue weighted by molar-refractivity contribution is 0.667. The number of nitrogens with zero attached hydrogens (tertiary/aromatic N) is 5. The van der Waals surface area contributed by atoms with Gasteiger partial charge in [0, 0.05) is 55.0 Å². The Bertz CT molecular complexity index is 3380. The molecule has 0 fully saturated rings. The minimum absolute atomic E-state index is 0.226. The molecule has 12 rings (SSSR count). The quantitative estimate of drug-likeness (QED) is 0.176. The zero-order valence-electron chi connectivity index (χ0n) is 32.6. The molecule has 11 aromatic rings. The first-order valence-electron chi connectivity index (χ1n) is 20.2. The number of rotatable bonds is 5. The maximum absolute atomic E-state index is 5.04. The number of benzene rings is 8. The van der Waals surface area contributed by atoms with Crippen molar-refractivity contribution in [3.05, 3.63) is 199 Å². The van der Waals surface area contributed by atoms with E-state index in [4.69, 9.17) is 15.0 Å². The van der Waals surface area contributed by atoms with Gasteiger partial charge in [-0.2, -0.15) is 0 Å². The lowest BCUT2D eigenvalue weighted by atomic mass is 9.80. The van der Waals surface area contributed by atoms with E-state index in [1.165, 1.54) is 60.3 Å². The SMILES string of the molecule is CC1(C)c2ccccc2-c2c1c1c3ccccc3n(-c3ccccc3)c1c1c2c2ccccc2n1-c1ccc(-c2nc(-c3ccccc3)nc(-c3ccccc3)n2)cc1. The van der Waals surface area contributed by atoms with Crippen LogP contribution in [0.1, 0.15) is 25.0 Å². The zero-order valence-corrected chi connectivity index (χ0v) is 32.6. The first-order chi connectivity index (χ1) is 29.1. The molecule has 0 amide bonds. The third-order valence-electron chi connectivity index (χ3n) is 12.3. The monoisotopic (exact) mass is 755 g/mol. The van der Waals surface area contributed by atoms with Crippen molar-refractivity contribution in [1.29, 1.82) is 0 Å². The Morgan fingerprint density at radius 2 is 0.814 bits per heavy atom. The predicted octanol–water partition coefficient (Wildman–Crippen LogP) is 13.4. The molecule has 0 unspecified atom stereocenters. The van der Waals surface area contributed by atoms with Crippen molar-refractivity contribution in [2.45, 2.75) is 19.3 Å². The molecule has 5 nitrogen and oxygen atoms in total. The second-order valence-corrected chi connectivity index (χ2v) is 16.0. The summed E-state index contributed by atoms with van der Waals surface area (Å²) in [4.78, 5) is 15.0. The highest BCUT2D eigenvalue weighted by Crippen LogP contribution is 2.58. The van der Waals surface area contributed by atoms with E-state index in [2.05, 4.69) is 150 Å². The highest BCUT2D eigenvalue weighted by molar-refractivity contribution is 6.31. The van der Waals surface area contributed by atoms with E-state index >= 15 is 0 Å². The molecule has 0 aliphatic heterocycles. The van der Waals surface area contributed by atoms with Crippen LogP contribution in [-0.2, 0) is 5.41 Å². The van der Waals surface area contributed by atoms with Gasteiger partial charge >= 0.3 is 0 Å². The van der Waals surface area contributed by atoms with E-state index in [0.717, 1.165) is 33.6 Å². The molecule has 0 saturated heterocycles. The predicted molar refractivity (Wildman–Crippen MR) is 242 cm³/mol. The zero-order chi connectivity index (χ0) is 39.2. The Morgan fingerprint density at radius 1 is 0.390 bits per heavy atom. The number of para-hydroxylation sites is 3. The second-order valence-electron chi connectivity index (χ2n) is 16.0. The summed E-state index contributed by atoms with van der Waals surface area (Å²) < 4.78 is 4.98. The lowest BCUT2D eigenvalue weighted by Gasteiger charge is -2.23. The minimum atomic E-state index is -0.226. The highest BCUT2D eigenvalue weighted by Gasteiger charge is 2.41. The molecule has 0 saturated carbocycles. The summed E-state index contributed by atoms with van der Waals surface area (Å²) in [6.45, 7) is 4.81. The van der Waals surface area contributed by atoms with Crippen molar-refractivity contribution in [1.82, 2.24) is 24.1 Å². The standard InChI is InChI=1S/C54H37N5/c1-54(2)42-27-15-12-24-39(42)45-46-40-25-13-16-28-43(40)59(49(46)50-47(48(45)54)41-26-14-17-29-44(41)58(50)37-22-10-5-11-23-37)38-32-30-36(31-33-38)53-56-51(34-18-6-3-7-19-34)55-52(57-53)35-20-8-4-9-21-35/h3-33H,1-2H3. The van der Waals surface area contributed by atoms with Crippen molar-refractivity contribution < 1.29 is 0 Å². The molecule has 8 aromatic carbocycles. The maximum Gasteiger partial charge on any atom is 0.164 e. The number of fused-ring (bicyclic) bond motifs is 12. The second kappa shape index (κ2) is 12.7. The van der Waals surface area contributed by atoms with Crippen LogP contribution in [0, 0.1) is 0 Å². The van der Waals surface area contributed by atoms with Crippen LogP contribution in [-0.4, -0.2) is 24.1 Å². The summed E-state index contributed by atoms with van der Waals surface area (Å²) >= 11 is 0. The molecule has 0 N–H and O–H groups in total. The van der Waals surface area contributed by atoms with Gasteiger partial charge in [0.05, 0.1) is 22.1 Å². The maximum atomic E-state index is 5.04. The van der Waals surface area contributed by atoms with Gasteiger partial charge in [0.15, 0.2) is 17.5 Å². The van der Waals surface area contributed by atoms with Gasteiger partial charge in [-0.05, 0) is 70.8 Å². The smallest absolute Gasteiger partial charge is 0.164 e. The summed E-state index contributed by atoms with van der Waals surface area (Å²) in [5.74, 6) is 1.93. The Kier molecular flexibility index (Phi) is 7.20. The Balaban J connectivity index is 1.18. The normalized spacial score (nSPS) is 13.1. The van der Waals surface area contributed by atoms with Crippen molar-refractivity contribution in [2.75, 3.05) is 0 Å². The Hall–Kier alpha value is -7.63. The van der Waals surface area contributed by atoms with Crippen LogP contribution in [0.2, 0.25) is 0 Å². The van der Waals surface area contributed by atoms with Crippen LogP contribution < -0.4 is 0 Å². The fraction of sp³-hybridized carbons (Fsp3) is 0.0556. The van der Waals surface area contributed by atoms with Gasteiger partial charge in [0.1, 0.15) is 0 Å². The largest absolute Gasteiger partial charge is 0.307 e. The molecule has 5 heteroatoms. The molecule has 1 aliphatic carbocycles. The van der Waals surface area contributed by atoms with E-state index < -0.39 is 0 Å². The lowest BCUT2D eigenvalue weighted by Crippen LogP contribution is -2.15. The van der Waals surface area contributed by atoms with Crippen molar-refractivity contribution >= 4 is 43.6 Å². The van der Waals surface area contributed by atoms with Gasteiger partial charge in [-0.1, -0.05) is 153 Å². The van der Waals surface area contributed by atoms with Crippen LogP contribution >= 0.6 is 0 Å². The fourth-order valence-corrected chi connectivity index (χ4v) is 9.77. The van der Waals surface area contributed by atoms with Crippen molar-refractivity contribution in [2.24, 2.45) is 0 Å². The minimum Gasteiger partial charge on any atom is -0.307 e. The molecular weight excluding hydrogens is 719 g/mol. The molecule has 0 bridgehead atoms. The summed E-state index contributed by atoms with van der Waals surface area (Å²) in [5.41, 5.74) is 15.0. The van der Waals surface area contributed by atoms with Crippen molar-refractivity contribution in [3.8, 4) is 56.7 Å². The third kappa shape index (κ3) is 4.88. The highest BCUT2D eigenvalue weighted by atomic mass is 15.1. The molecule has 3 heterocycles. The van der Waals surface area contributed by atoms with Crippen LogP contribution in [0.4, 0.5) is 0 Å². The van der Waals surface area contributed by atoms with E-state index in [1.807, 2.05) is 60.7 Å².